The Morgan fingerprint density at radius 3 is 3.25 bits per heavy atom. The van der Waals surface area contributed by atoms with Gasteiger partial charge in [0.25, 0.3) is 5.91 Å². The molecule has 0 aliphatic carbocycles. The summed E-state index contributed by atoms with van der Waals surface area (Å²) in [6.45, 7) is 4.56. The van der Waals surface area contributed by atoms with E-state index in [1.165, 1.54) is 0 Å². The molecule has 0 spiro atoms. The minimum Gasteiger partial charge on any atom is -0.378 e. The average Bonchev–Trinajstić information content (AvgIpc) is 2.74. The second kappa shape index (κ2) is 5.33. The fourth-order valence-corrected chi connectivity index (χ4v) is 2.06. The van der Waals surface area contributed by atoms with Crippen LogP contribution in [0.5, 0.6) is 0 Å². The van der Waals surface area contributed by atoms with Crippen LogP contribution in [0.25, 0.3) is 0 Å². The summed E-state index contributed by atoms with van der Waals surface area (Å²) < 4.78 is 9.02. The van der Waals surface area contributed by atoms with E-state index in [0.717, 1.165) is 24.7 Å². The lowest BCUT2D eigenvalue weighted by molar-refractivity contribution is 0.0735. The summed E-state index contributed by atoms with van der Waals surface area (Å²) in [5.74, 6) is -0.111. The number of aryl methyl sites for hydroxylation is 1. The van der Waals surface area contributed by atoms with Crippen molar-refractivity contribution in [1.82, 2.24) is 20.2 Å². The van der Waals surface area contributed by atoms with Crippen LogP contribution in [0.3, 0.4) is 0 Å². The molecule has 88 valence electrons. The normalized spacial score (nSPS) is 20.7. The van der Waals surface area contributed by atoms with Gasteiger partial charge in [-0.2, -0.15) is 0 Å². The Labute approximate surface area is 97.5 Å². The van der Waals surface area contributed by atoms with Crippen molar-refractivity contribution in [3.63, 3.8) is 0 Å². The molecule has 1 aromatic heterocycles. The number of carbonyl (C=O) groups is 1. The Morgan fingerprint density at radius 2 is 2.62 bits per heavy atom. The van der Waals surface area contributed by atoms with E-state index in [1.807, 2.05) is 0 Å². The minimum absolute atomic E-state index is 0.111. The Hall–Kier alpha value is -1.05. The lowest BCUT2D eigenvalue weighted by atomic mass is 10.2. The van der Waals surface area contributed by atoms with Crippen molar-refractivity contribution in [2.45, 2.75) is 13.0 Å². The lowest BCUT2D eigenvalue weighted by Crippen LogP contribution is -2.48. The number of nitrogens with zero attached hydrogens (tertiary/aromatic N) is 2. The second-order valence-electron chi connectivity index (χ2n) is 3.62. The molecular formula is C9H14N4O2S. The third-order valence-corrected chi connectivity index (χ3v) is 3.19. The van der Waals surface area contributed by atoms with Crippen molar-refractivity contribution in [2.75, 3.05) is 26.3 Å². The number of hydrogen-bond acceptors (Lipinski definition) is 6. The zero-order valence-electron chi connectivity index (χ0n) is 9.02. The van der Waals surface area contributed by atoms with E-state index < -0.39 is 0 Å². The van der Waals surface area contributed by atoms with Crippen molar-refractivity contribution in [2.24, 2.45) is 0 Å². The molecule has 0 saturated carbocycles. The van der Waals surface area contributed by atoms with Gasteiger partial charge in [-0.25, -0.2) is 0 Å². The topological polar surface area (TPSA) is 76.1 Å². The first-order valence-electron chi connectivity index (χ1n) is 5.15. The van der Waals surface area contributed by atoms with Crippen LogP contribution in [0.2, 0.25) is 0 Å². The summed E-state index contributed by atoms with van der Waals surface area (Å²) in [7, 11) is 0. The fraction of sp³-hybridized carbons (Fsp3) is 0.667. The van der Waals surface area contributed by atoms with Crippen molar-refractivity contribution in [3.8, 4) is 0 Å². The number of aromatic nitrogens is 2. The van der Waals surface area contributed by atoms with E-state index in [0.29, 0.717) is 23.7 Å². The zero-order valence-corrected chi connectivity index (χ0v) is 9.84. The monoisotopic (exact) mass is 242 g/mol. The molecule has 6 nitrogen and oxygen atoms in total. The summed E-state index contributed by atoms with van der Waals surface area (Å²) in [6, 6.07) is 0.193. The maximum atomic E-state index is 11.7. The molecule has 1 aliphatic heterocycles. The number of amides is 1. The molecule has 1 aromatic rings. The van der Waals surface area contributed by atoms with E-state index in [4.69, 9.17) is 4.74 Å². The Morgan fingerprint density at radius 1 is 1.75 bits per heavy atom. The standard InChI is InChI=1S/C9H14N4O2S/c1-6-8(16-13-12-6)9(14)11-4-7-5-15-3-2-10-7/h7,10H,2-5H2,1H3,(H,11,14). The molecule has 16 heavy (non-hydrogen) atoms. The molecule has 2 heterocycles. The van der Waals surface area contributed by atoms with E-state index in [-0.39, 0.29) is 11.9 Å². The predicted octanol–water partition coefficient (Wildman–Crippen LogP) is -0.435. The molecule has 7 heteroatoms. The first-order valence-corrected chi connectivity index (χ1v) is 5.93. The summed E-state index contributed by atoms with van der Waals surface area (Å²) in [5.41, 5.74) is 0.676. The van der Waals surface area contributed by atoms with E-state index in [2.05, 4.69) is 20.2 Å². The van der Waals surface area contributed by atoms with Crippen LogP contribution < -0.4 is 10.6 Å². The van der Waals surface area contributed by atoms with Gasteiger partial charge in [-0.15, -0.1) is 5.10 Å². The van der Waals surface area contributed by atoms with Gasteiger partial charge in [-0.3, -0.25) is 4.79 Å². The summed E-state index contributed by atoms with van der Waals surface area (Å²) >= 11 is 1.12. The van der Waals surface area contributed by atoms with Crippen molar-refractivity contribution in [1.29, 1.82) is 0 Å². The quantitative estimate of drug-likeness (QED) is 0.752. The first-order chi connectivity index (χ1) is 7.77. The van der Waals surface area contributed by atoms with Gasteiger partial charge in [0, 0.05) is 19.1 Å². The van der Waals surface area contributed by atoms with Crippen LogP contribution in [0.15, 0.2) is 0 Å². The van der Waals surface area contributed by atoms with Crippen molar-refractivity contribution < 1.29 is 9.53 Å². The number of ether oxygens (including phenoxy) is 1. The first kappa shape index (κ1) is 11.4. The van der Waals surface area contributed by atoms with Gasteiger partial charge >= 0.3 is 0 Å². The van der Waals surface area contributed by atoms with Gasteiger partial charge < -0.3 is 15.4 Å². The predicted molar refractivity (Wildman–Crippen MR) is 59.6 cm³/mol. The third kappa shape index (κ3) is 2.75. The van der Waals surface area contributed by atoms with Gasteiger partial charge in [0.15, 0.2) is 0 Å². The number of nitrogens with one attached hydrogen (secondary N) is 2. The average molecular weight is 242 g/mol. The molecular weight excluding hydrogens is 228 g/mol. The van der Waals surface area contributed by atoms with Gasteiger partial charge in [-0.05, 0) is 18.5 Å². The van der Waals surface area contributed by atoms with Crippen LogP contribution >= 0.6 is 11.5 Å². The van der Waals surface area contributed by atoms with Crippen LogP contribution in [0, 0.1) is 6.92 Å². The van der Waals surface area contributed by atoms with E-state index >= 15 is 0 Å². The zero-order chi connectivity index (χ0) is 11.4. The molecule has 1 aliphatic rings. The second-order valence-corrected chi connectivity index (χ2v) is 4.38. The number of carbonyl (C=O) groups excluding carboxylic acids is 1. The molecule has 1 unspecified atom stereocenters. The van der Waals surface area contributed by atoms with Gasteiger partial charge in [-0.1, -0.05) is 4.49 Å². The van der Waals surface area contributed by atoms with Crippen LogP contribution in [0.1, 0.15) is 15.4 Å². The number of rotatable bonds is 3. The fourth-order valence-electron chi connectivity index (χ4n) is 1.49. The molecule has 2 rings (SSSR count). The maximum absolute atomic E-state index is 11.7. The minimum atomic E-state index is -0.111. The van der Waals surface area contributed by atoms with Crippen molar-refractivity contribution in [3.05, 3.63) is 10.6 Å². The highest BCUT2D eigenvalue weighted by atomic mass is 32.1. The van der Waals surface area contributed by atoms with Crippen LogP contribution in [0.4, 0.5) is 0 Å². The number of morpholine rings is 1. The smallest absolute Gasteiger partial charge is 0.264 e. The Kier molecular flexibility index (Phi) is 3.81. The summed E-state index contributed by atoms with van der Waals surface area (Å²) in [5, 5.41) is 9.91. The van der Waals surface area contributed by atoms with Gasteiger partial charge in [0.2, 0.25) is 0 Å². The van der Waals surface area contributed by atoms with Crippen molar-refractivity contribution >= 4 is 17.4 Å². The third-order valence-electron chi connectivity index (χ3n) is 2.37. The molecule has 1 amide bonds. The van der Waals surface area contributed by atoms with Gasteiger partial charge in [0.1, 0.15) is 4.88 Å². The van der Waals surface area contributed by atoms with Crippen LogP contribution in [-0.2, 0) is 4.74 Å². The molecule has 0 aromatic carbocycles. The Balaban J connectivity index is 1.81. The highest BCUT2D eigenvalue weighted by Gasteiger charge is 2.17. The molecule has 0 radical (unpaired) electrons. The largest absolute Gasteiger partial charge is 0.378 e. The highest BCUT2D eigenvalue weighted by Crippen LogP contribution is 2.08. The molecule has 1 fully saturated rings. The summed E-state index contributed by atoms with van der Waals surface area (Å²) in [6.07, 6.45) is 0. The lowest BCUT2D eigenvalue weighted by Gasteiger charge is -2.23. The maximum Gasteiger partial charge on any atom is 0.264 e. The molecule has 2 N–H and O–H groups in total. The van der Waals surface area contributed by atoms with E-state index in [9.17, 15) is 4.79 Å². The number of hydrogen-bond donors (Lipinski definition) is 2. The Bertz CT molecular complexity index is 362. The van der Waals surface area contributed by atoms with E-state index in [1.54, 1.807) is 6.92 Å². The molecule has 1 saturated heterocycles. The summed E-state index contributed by atoms with van der Waals surface area (Å²) in [4.78, 5) is 12.3. The SMILES string of the molecule is Cc1nnsc1C(=O)NCC1COCCN1. The van der Waals surface area contributed by atoms with Gasteiger partial charge in [0.05, 0.1) is 18.9 Å². The molecule has 1 atom stereocenters. The van der Waals surface area contributed by atoms with Crippen LogP contribution in [-0.4, -0.2) is 47.8 Å². The molecule has 0 bridgehead atoms. The highest BCUT2D eigenvalue weighted by molar-refractivity contribution is 7.07.